The predicted molar refractivity (Wildman–Crippen MR) is 89.7 cm³/mol. The van der Waals surface area contributed by atoms with E-state index in [0.29, 0.717) is 17.2 Å². The second kappa shape index (κ2) is 8.85. The minimum Gasteiger partial charge on any atom is -0.482 e. The quantitative estimate of drug-likeness (QED) is 0.624. The molecule has 2 aromatic carbocycles. The van der Waals surface area contributed by atoms with Crippen molar-refractivity contribution >= 4 is 29.3 Å². The first kappa shape index (κ1) is 16.9. The van der Waals surface area contributed by atoms with E-state index in [4.69, 9.17) is 4.74 Å². The van der Waals surface area contributed by atoms with E-state index in [1.807, 2.05) is 30.3 Å². The van der Waals surface area contributed by atoms with Crippen LogP contribution in [0.15, 0.2) is 59.5 Å². The summed E-state index contributed by atoms with van der Waals surface area (Å²) in [5.41, 5.74) is 0.617. The highest BCUT2D eigenvalue weighted by Gasteiger charge is 2.06. The first-order valence-electron chi connectivity index (χ1n) is 6.95. The van der Waals surface area contributed by atoms with Crippen LogP contribution in [0.2, 0.25) is 0 Å². The molecule has 0 aliphatic heterocycles. The molecule has 0 atom stereocenters. The van der Waals surface area contributed by atoms with E-state index in [-0.39, 0.29) is 12.5 Å². The predicted octanol–water partition coefficient (Wildman–Crippen LogP) is 2.97. The molecule has 2 aromatic rings. The van der Waals surface area contributed by atoms with Crippen LogP contribution >= 0.6 is 11.8 Å². The molecule has 1 N–H and O–H groups in total. The third-order valence-electron chi connectivity index (χ3n) is 2.82. The van der Waals surface area contributed by atoms with Gasteiger partial charge in [-0.25, -0.2) is 4.79 Å². The second-order valence-electron chi connectivity index (χ2n) is 4.54. The summed E-state index contributed by atoms with van der Waals surface area (Å²) in [4.78, 5) is 24.1. The van der Waals surface area contributed by atoms with Crippen LogP contribution in [0, 0.1) is 0 Å². The minimum absolute atomic E-state index is 0.107. The van der Waals surface area contributed by atoms with Crippen LogP contribution in [0.25, 0.3) is 0 Å². The molecule has 6 heteroatoms. The molecule has 0 aromatic heterocycles. The molecule has 0 saturated heterocycles. The molecule has 1 amide bonds. The summed E-state index contributed by atoms with van der Waals surface area (Å²) in [5, 5.41) is 2.80. The number of nitrogens with one attached hydrogen (secondary N) is 1. The van der Waals surface area contributed by atoms with E-state index in [2.05, 4.69) is 10.1 Å². The number of amides is 1. The van der Waals surface area contributed by atoms with Gasteiger partial charge in [0.05, 0.1) is 12.9 Å². The summed E-state index contributed by atoms with van der Waals surface area (Å²) in [6, 6.07) is 16.6. The van der Waals surface area contributed by atoms with Gasteiger partial charge in [-0.15, -0.1) is 11.8 Å². The van der Waals surface area contributed by atoms with Crippen molar-refractivity contribution in [3.05, 3.63) is 54.6 Å². The zero-order valence-corrected chi connectivity index (χ0v) is 13.5. The molecule has 23 heavy (non-hydrogen) atoms. The van der Waals surface area contributed by atoms with Crippen molar-refractivity contribution in [2.45, 2.75) is 4.90 Å². The fourth-order valence-corrected chi connectivity index (χ4v) is 2.45. The standard InChI is InChI=1S/C17H17NO4S/c1-21-17(20)11-22-14-7-5-6-13(10-14)18-16(19)12-23-15-8-3-2-4-9-15/h2-10H,11-12H2,1H3,(H,18,19). The second-order valence-corrected chi connectivity index (χ2v) is 5.59. The van der Waals surface area contributed by atoms with Gasteiger partial charge < -0.3 is 14.8 Å². The molecule has 120 valence electrons. The Bertz CT molecular complexity index is 661. The van der Waals surface area contributed by atoms with Gasteiger partial charge in [-0.2, -0.15) is 0 Å². The molecular formula is C17H17NO4S. The van der Waals surface area contributed by atoms with Gasteiger partial charge in [0.15, 0.2) is 6.61 Å². The fraction of sp³-hybridized carbons (Fsp3) is 0.176. The van der Waals surface area contributed by atoms with Gasteiger partial charge in [-0.3, -0.25) is 4.79 Å². The lowest BCUT2D eigenvalue weighted by Gasteiger charge is -2.08. The maximum absolute atomic E-state index is 12.0. The fourth-order valence-electron chi connectivity index (χ4n) is 1.73. The number of thioether (sulfide) groups is 1. The molecule has 0 spiro atoms. The maximum Gasteiger partial charge on any atom is 0.343 e. The molecule has 0 radical (unpaired) electrons. The van der Waals surface area contributed by atoms with Crippen molar-refractivity contribution < 1.29 is 19.1 Å². The largest absolute Gasteiger partial charge is 0.482 e. The first-order valence-corrected chi connectivity index (χ1v) is 7.93. The Balaban J connectivity index is 1.84. The summed E-state index contributed by atoms with van der Waals surface area (Å²) in [6.07, 6.45) is 0. The van der Waals surface area contributed by atoms with E-state index >= 15 is 0 Å². The lowest BCUT2D eigenvalue weighted by Crippen LogP contribution is -2.15. The van der Waals surface area contributed by atoms with Gasteiger partial charge in [0, 0.05) is 16.6 Å². The molecule has 0 saturated carbocycles. The third kappa shape index (κ3) is 6.04. The van der Waals surface area contributed by atoms with Crippen LogP contribution in [0.5, 0.6) is 5.75 Å². The number of carbonyl (C=O) groups is 2. The molecule has 2 rings (SSSR count). The number of benzene rings is 2. The molecule has 0 aliphatic rings. The van der Waals surface area contributed by atoms with E-state index < -0.39 is 5.97 Å². The first-order chi connectivity index (χ1) is 11.2. The van der Waals surface area contributed by atoms with Gasteiger partial charge in [0.2, 0.25) is 5.91 Å². The summed E-state index contributed by atoms with van der Waals surface area (Å²) >= 11 is 1.46. The Hall–Kier alpha value is -2.47. The smallest absolute Gasteiger partial charge is 0.343 e. The number of esters is 1. The molecule has 0 fully saturated rings. The Morgan fingerprint density at radius 3 is 2.61 bits per heavy atom. The van der Waals surface area contributed by atoms with Crippen LogP contribution in [0.3, 0.4) is 0 Å². The average Bonchev–Trinajstić information content (AvgIpc) is 2.59. The van der Waals surface area contributed by atoms with Gasteiger partial charge in [-0.1, -0.05) is 24.3 Å². The van der Waals surface area contributed by atoms with Crippen molar-refractivity contribution in [2.75, 3.05) is 24.8 Å². The summed E-state index contributed by atoms with van der Waals surface area (Å²) in [6.45, 7) is -0.169. The van der Waals surface area contributed by atoms with Gasteiger partial charge in [-0.05, 0) is 24.3 Å². The number of rotatable bonds is 7. The van der Waals surface area contributed by atoms with E-state index in [0.717, 1.165) is 4.90 Å². The van der Waals surface area contributed by atoms with E-state index in [1.54, 1.807) is 24.3 Å². The molecule has 5 nitrogen and oxygen atoms in total. The topological polar surface area (TPSA) is 64.6 Å². The van der Waals surface area contributed by atoms with Crippen molar-refractivity contribution in [3.63, 3.8) is 0 Å². The lowest BCUT2D eigenvalue weighted by atomic mass is 10.3. The number of hydrogen-bond donors (Lipinski definition) is 1. The number of methoxy groups -OCH3 is 1. The average molecular weight is 331 g/mol. The molecule has 0 bridgehead atoms. The number of hydrogen-bond acceptors (Lipinski definition) is 5. The Morgan fingerprint density at radius 2 is 1.87 bits per heavy atom. The van der Waals surface area contributed by atoms with Crippen LogP contribution in [0.4, 0.5) is 5.69 Å². The summed E-state index contributed by atoms with van der Waals surface area (Å²) < 4.78 is 9.78. The van der Waals surface area contributed by atoms with Crippen LogP contribution in [-0.4, -0.2) is 31.3 Å². The Labute approximate surface area is 139 Å². The van der Waals surface area contributed by atoms with Crippen LogP contribution in [0.1, 0.15) is 0 Å². The molecule has 0 aliphatic carbocycles. The molecular weight excluding hydrogens is 314 g/mol. The summed E-state index contributed by atoms with van der Waals surface area (Å²) in [5.74, 6) is 0.239. The number of carbonyl (C=O) groups excluding carboxylic acids is 2. The molecule has 0 unspecified atom stereocenters. The van der Waals surface area contributed by atoms with Gasteiger partial charge >= 0.3 is 5.97 Å². The normalized spacial score (nSPS) is 9.96. The molecule has 0 heterocycles. The highest BCUT2D eigenvalue weighted by atomic mass is 32.2. The Morgan fingerprint density at radius 1 is 1.09 bits per heavy atom. The number of ether oxygens (including phenoxy) is 2. The van der Waals surface area contributed by atoms with E-state index in [1.165, 1.54) is 18.9 Å². The van der Waals surface area contributed by atoms with Crippen molar-refractivity contribution in [1.29, 1.82) is 0 Å². The SMILES string of the molecule is COC(=O)COc1cccc(NC(=O)CSc2ccccc2)c1. The third-order valence-corrected chi connectivity index (χ3v) is 3.83. The zero-order valence-electron chi connectivity index (χ0n) is 12.7. The van der Waals surface area contributed by atoms with Gasteiger partial charge in [0.1, 0.15) is 5.75 Å². The Kier molecular flexibility index (Phi) is 6.50. The highest BCUT2D eigenvalue weighted by molar-refractivity contribution is 8.00. The van der Waals surface area contributed by atoms with Crippen molar-refractivity contribution in [2.24, 2.45) is 0 Å². The number of anilines is 1. The highest BCUT2D eigenvalue weighted by Crippen LogP contribution is 2.20. The minimum atomic E-state index is -0.460. The zero-order chi connectivity index (χ0) is 16.5. The van der Waals surface area contributed by atoms with Crippen LogP contribution in [-0.2, 0) is 14.3 Å². The monoisotopic (exact) mass is 331 g/mol. The van der Waals surface area contributed by atoms with Crippen LogP contribution < -0.4 is 10.1 Å². The summed E-state index contributed by atoms with van der Waals surface area (Å²) in [7, 11) is 1.30. The maximum atomic E-state index is 12.0. The van der Waals surface area contributed by atoms with E-state index in [9.17, 15) is 9.59 Å². The van der Waals surface area contributed by atoms with Crippen molar-refractivity contribution in [3.8, 4) is 5.75 Å². The van der Waals surface area contributed by atoms with Gasteiger partial charge in [0.25, 0.3) is 0 Å². The lowest BCUT2D eigenvalue weighted by molar-refractivity contribution is -0.142. The van der Waals surface area contributed by atoms with Crippen molar-refractivity contribution in [1.82, 2.24) is 0 Å².